The van der Waals surface area contributed by atoms with Gasteiger partial charge in [-0.3, -0.25) is 0 Å². The zero-order valence-corrected chi connectivity index (χ0v) is 12.1. The second-order valence-electron chi connectivity index (χ2n) is 5.37. The van der Waals surface area contributed by atoms with E-state index in [1.807, 2.05) is 18.2 Å². The molecule has 0 bridgehead atoms. The van der Waals surface area contributed by atoms with Crippen LogP contribution in [0.15, 0.2) is 28.8 Å². The predicted molar refractivity (Wildman–Crippen MR) is 79.3 cm³/mol. The molecule has 5 heteroatoms. The number of fused-ring (bicyclic) bond motifs is 1. The van der Waals surface area contributed by atoms with Gasteiger partial charge in [0.05, 0.1) is 12.5 Å². The van der Waals surface area contributed by atoms with E-state index in [1.165, 1.54) is 0 Å². The monoisotopic (exact) mass is 287 g/mol. The molecule has 21 heavy (non-hydrogen) atoms. The van der Waals surface area contributed by atoms with E-state index in [0.29, 0.717) is 6.61 Å². The maximum absolute atomic E-state index is 5.68. The quantitative estimate of drug-likeness (QED) is 0.827. The summed E-state index contributed by atoms with van der Waals surface area (Å²) >= 11 is 0. The zero-order valence-electron chi connectivity index (χ0n) is 12.1. The molecule has 0 saturated heterocycles. The topological polar surface area (TPSA) is 74.2 Å². The number of hydrogen-bond donors (Lipinski definition) is 1. The van der Waals surface area contributed by atoms with Crippen molar-refractivity contribution < 1.29 is 9.26 Å². The van der Waals surface area contributed by atoms with Gasteiger partial charge in [-0.05, 0) is 31.9 Å². The number of benzene rings is 1. The third-order valence-corrected chi connectivity index (χ3v) is 3.85. The number of rotatable bonds is 6. The van der Waals surface area contributed by atoms with Crippen molar-refractivity contribution in [3.8, 4) is 5.75 Å². The lowest BCUT2D eigenvalue weighted by molar-refractivity contribution is 0.272. The van der Waals surface area contributed by atoms with Crippen LogP contribution in [0.5, 0.6) is 5.75 Å². The minimum atomic E-state index is 0.177. The number of hydrogen-bond acceptors (Lipinski definition) is 5. The molecule has 0 amide bonds. The summed E-state index contributed by atoms with van der Waals surface area (Å²) in [5, 5.41) is 4.17. The Morgan fingerprint density at radius 1 is 1.19 bits per heavy atom. The average molecular weight is 287 g/mol. The standard InChI is InChI=1S/C16H21N3O2/c17-10-5-1-2-8-15-18-16(19-21-15)13-9-11-20-14-7-4-3-6-12(13)14/h3-4,6-7,13H,1-2,5,8-11,17H2. The van der Waals surface area contributed by atoms with E-state index in [9.17, 15) is 0 Å². The molecule has 112 valence electrons. The number of nitrogens with two attached hydrogens (primary N) is 1. The molecule has 0 aliphatic carbocycles. The highest BCUT2D eigenvalue weighted by Gasteiger charge is 2.26. The van der Waals surface area contributed by atoms with E-state index in [1.54, 1.807) is 0 Å². The fraction of sp³-hybridized carbons (Fsp3) is 0.500. The normalized spacial score (nSPS) is 17.3. The summed E-state index contributed by atoms with van der Waals surface area (Å²) in [5.41, 5.74) is 6.64. The molecule has 0 saturated carbocycles. The van der Waals surface area contributed by atoms with Crippen molar-refractivity contribution in [1.82, 2.24) is 10.1 Å². The van der Waals surface area contributed by atoms with Crippen molar-refractivity contribution in [3.63, 3.8) is 0 Å². The van der Waals surface area contributed by atoms with E-state index >= 15 is 0 Å². The second kappa shape index (κ2) is 6.72. The van der Waals surface area contributed by atoms with Gasteiger partial charge in [-0.25, -0.2) is 0 Å². The van der Waals surface area contributed by atoms with Gasteiger partial charge in [0, 0.05) is 12.0 Å². The number of ether oxygens (including phenoxy) is 1. The Labute approximate surface area is 124 Å². The first-order chi connectivity index (χ1) is 10.4. The largest absolute Gasteiger partial charge is 0.493 e. The highest BCUT2D eigenvalue weighted by molar-refractivity contribution is 5.40. The smallest absolute Gasteiger partial charge is 0.226 e. The number of para-hydroxylation sites is 1. The summed E-state index contributed by atoms with van der Waals surface area (Å²) in [4.78, 5) is 4.57. The SMILES string of the molecule is NCCCCCc1nc(C2CCOc3ccccc32)no1. The predicted octanol–water partition coefficient (Wildman–Crippen LogP) is 2.66. The van der Waals surface area contributed by atoms with E-state index in [4.69, 9.17) is 15.0 Å². The molecule has 3 rings (SSSR count). The number of nitrogens with zero attached hydrogens (tertiary/aromatic N) is 2. The van der Waals surface area contributed by atoms with Crippen molar-refractivity contribution in [2.24, 2.45) is 5.73 Å². The summed E-state index contributed by atoms with van der Waals surface area (Å²) in [7, 11) is 0. The van der Waals surface area contributed by atoms with E-state index in [-0.39, 0.29) is 5.92 Å². The highest BCUT2D eigenvalue weighted by Crippen LogP contribution is 2.36. The van der Waals surface area contributed by atoms with Gasteiger partial charge >= 0.3 is 0 Å². The zero-order chi connectivity index (χ0) is 14.5. The summed E-state index contributed by atoms with van der Waals surface area (Å²) < 4.78 is 11.1. The third-order valence-electron chi connectivity index (χ3n) is 3.85. The molecule has 5 nitrogen and oxygen atoms in total. The summed E-state index contributed by atoms with van der Waals surface area (Å²) in [6.07, 6.45) is 4.92. The second-order valence-corrected chi connectivity index (χ2v) is 5.37. The first-order valence-electron chi connectivity index (χ1n) is 7.63. The third kappa shape index (κ3) is 3.24. The minimum Gasteiger partial charge on any atom is -0.493 e. The molecule has 0 radical (unpaired) electrons. The first-order valence-corrected chi connectivity index (χ1v) is 7.63. The molecule has 1 aromatic carbocycles. The molecule has 1 aliphatic heterocycles. The van der Waals surface area contributed by atoms with E-state index in [2.05, 4.69) is 16.2 Å². The number of aryl methyl sites for hydroxylation is 1. The molecular weight excluding hydrogens is 266 g/mol. The van der Waals surface area contributed by atoms with Crippen LogP contribution in [-0.4, -0.2) is 23.3 Å². The number of aromatic nitrogens is 2. The molecule has 0 fully saturated rings. The van der Waals surface area contributed by atoms with E-state index in [0.717, 1.165) is 61.7 Å². The number of unbranched alkanes of at least 4 members (excludes halogenated alkanes) is 2. The lowest BCUT2D eigenvalue weighted by Gasteiger charge is -2.23. The van der Waals surface area contributed by atoms with Crippen molar-refractivity contribution >= 4 is 0 Å². The maximum Gasteiger partial charge on any atom is 0.226 e. The summed E-state index contributed by atoms with van der Waals surface area (Å²) in [6.45, 7) is 1.44. The van der Waals surface area contributed by atoms with Gasteiger partial charge in [0.1, 0.15) is 5.75 Å². The van der Waals surface area contributed by atoms with Crippen molar-refractivity contribution in [2.45, 2.75) is 38.0 Å². The van der Waals surface area contributed by atoms with Crippen LogP contribution < -0.4 is 10.5 Å². The fourth-order valence-corrected chi connectivity index (χ4v) is 2.72. The Kier molecular flexibility index (Phi) is 4.50. The Morgan fingerprint density at radius 2 is 2.10 bits per heavy atom. The average Bonchev–Trinajstić information content (AvgIpc) is 3.00. The molecule has 0 spiro atoms. The van der Waals surface area contributed by atoms with Gasteiger partial charge < -0.3 is 15.0 Å². The van der Waals surface area contributed by atoms with Crippen LogP contribution in [0.1, 0.15) is 48.9 Å². The van der Waals surface area contributed by atoms with E-state index < -0.39 is 0 Å². The molecule has 1 atom stereocenters. The molecular formula is C16H21N3O2. The lowest BCUT2D eigenvalue weighted by Crippen LogP contribution is -2.16. The van der Waals surface area contributed by atoms with Gasteiger partial charge in [-0.2, -0.15) is 4.98 Å². The van der Waals surface area contributed by atoms with Gasteiger partial charge in [0.15, 0.2) is 5.82 Å². The van der Waals surface area contributed by atoms with Crippen LogP contribution in [0.4, 0.5) is 0 Å². The minimum absolute atomic E-state index is 0.177. The first kappa shape index (κ1) is 14.1. The molecule has 1 unspecified atom stereocenters. The Hall–Kier alpha value is -1.88. The van der Waals surface area contributed by atoms with Crippen molar-refractivity contribution in [1.29, 1.82) is 0 Å². The van der Waals surface area contributed by atoms with Crippen molar-refractivity contribution in [2.75, 3.05) is 13.2 Å². The van der Waals surface area contributed by atoms with Gasteiger partial charge in [-0.1, -0.05) is 29.8 Å². The van der Waals surface area contributed by atoms with Crippen LogP contribution >= 0.6 is 0 Å². The Balaban J connectivity index is 1.69. The van der Waals surface area contributed by atoms with Gasteiger partial charge in [-0.15, -0.1) is 0 Å². The summed E-state index contributed by atoms with van der Waals surface area (Å²) in [6, 6.07) is 8.08. The fourth-order valence-electron chi connectivity index (χ4n) is 2.72. The Morgan fingerprint density at radius 3 is 3.00 bits per heavy atom. The molecule has 1 aromatic heterocycles. The van der Waals surface area contributed by atoms with Crippen LogP contribution in [0.25, 0.3) is 0 Å². The van der Waals surface area contributed by atoms with Crippen LogP contribution in [0, 0.1) is 0 Å². The Bertz CT molecular complexity index is 582. The van der Waals surface area contributed by atoms with Crippen molar-refractivity contribution in [3.05, 3.63) is 41.5 Å². The maximum atomic E-state index is 5.68. The van der Waals surface area contributed by atoms with Gasteiger partial charge in [0.2, 0.25) is 5.89 Å². The van der Waals surface area contributed by atoms with Crippen LogP contribution in [0.3, 0.4) is 0 Å². The van der Waals surface area contributed by atoms with Crippen LogP contribution in [0.2, 0.25) is 0 Å². The molecule has 2 aromatic rings. The molecule has 1 aliphatic rings. The van der Waals surface area contributed by atoms with Crippen LogP contribution in [-0.2, 0) is 6.42 Å². The van der Waals surface area contributed by atoms with Gasteiger partial charge in [0.25, 0.3) is 0 Å². The molecule has 2 heterocycles. The summed E-state index contributed by atoms with van der Waals surface area (Å²) in [5.74, 6) is 2.62. The molecule has 2 N–H and O–H groups in total. The lowest BCUT2D eigenvalue weighted by atomic mass is 9.92. The highest BCUT2D eigenvalue weighted by atomic mass is 16.5.